The van der Waals surface area contributed by atoms with Gasteiger partial charge in [-0.25, -0.2) is 0 Å². The van der Waals surface area contributed by atoms with Crippen molar-refractivity contribution in [3.05, 3.63) is 0 Å². The van der Waals surface area contributed by atoms with Gasteiger partial charge in [0.25, 0.3) is 0 Å². The summed E-state index contributed by atoms with van der Waals surface area (Å²) in [6.07, 6.45) is 16.2. The Bertz CT molecular complexity index is 413. The quantitative estimate of drug-likeness (QED) is 0.312. The maximum atomic E-state index is 10.8. The molecule has 5 nitrogen and oxygen atoms in total. The van der Waals surface area contributed by atoms with Crippen LogP contribution in [0.25, 0.3) is 0 Å². The van der Waals surface area contributed by atoms with Crippen LogP contribution < -0.4 is 0 Å². The Hall–Kier alpha value is -0.650. The van der Waals surface area contributed by atoms with Gasteiger partial charge in [0.15, 0.2) is 0 Å². The first kappa shape index (κ1) is 24.4. The van der Waals surface area contributed by atoms with Gasteiger partial charge in [0, 0.05) is 6.42 Å². The summed E-state index contributed by atoms with van der Waals surface area (Å²) in [6, 6.07) is 0. The van der Waals surface area contributed by atoms with Crippen LogP contribution in [0, 0.1) is 0 Å². The maximum Gasteiger partial charge on any atom is 0.303 e. The van der Waals surface area contributed by atoms with Crippen LogP contribution in [-0.2, 0) is 9.53 Å². The van der Waals surface area contributed by atoms with Gasteiger partial charge in [-0.3, -0.25) is 4.79 Å². The van der Waals surface area contributed by atoms with Gasteiger partial charge < -0.3 is 15.1 Å². The van der Waals surface area contributed by atoms with Crippen molar-refractivity contribution in [1.29, 1.82) is 0 Å². The first-order valence-corrected chi connectivity index (χ1v) is 11.2. The second-order valence-corrected chi connectivity index (χ2v) is 8.89. The van der Waals surface area contributed by atoms with E-state index in [0.29, 0.717) is 19.4 Å². The molecule has 1 aliphatic heterocycles. The molecule has 1 aliphatic rings. The predicted octanol–water partition coefficient (Wildman–Crippen LogP) is 6.14. The molecule has 0 aromatic rings. The van der Waals surface area contributed by atoms with Crippen molar-refractivity contribution in [2.24, 2.45) is 0 Å². The summed E-state index contributed by atoms with van der Waals surface area (Å²) in [6.45, 7) is 6.66. The Morgan fingerprint density at radius 2 is 1.37 bits per heavy atom. The van der Waals surface area contributed by atoms with Crippen LogP contribution in [0.2, 0.25) is 0 Å². The second-order valence-electron chi connectivity index (χ2n) is 8.89. The van der Waals surface area contributed by atoms with Crippen LogP contribution in [0.3, 0.4) is 0 Å². The second kappa shape index (κ2) is 12.7. The van der Waals surface area contributed by atoms with Gasteiger partial charge in [-0.1, -0.05) is 71.1 Å². The minimum atomic E-state index is -0.790. The number of rotatable bonds is 16. The lowest BCUT2D eigenvalue weighted by molar-refractivity contribution is -0.256. The summed E-state index contributed by atoms with van der Waals surface area (Å²) in [5.41, 5.74) is -1.13. The van der Waals surface area contributed by atoms with Gasteiger partial charge in [-0.2, -0.15) is 5.06 Å². The van der Waals surface area contributed by atoms with Crippen molar-refractivity contribution < 1.29 is 19.8 Å². The molecule has 1 saturated heterocycles. The molecule has 1 fully saturated rings. The average molecular weight is 386 g/mol. The number of unbranched alkanes of at least 4 members (excludes halogenated alkanes) is 10. The summed E-state index contributed by atoms with van der Waals surface area (Å²) < 4.78 is 6.02. The van der Waals surface area contributed by atoms with Crippen LogP contribution in [0.4, 0.5) is 0 Å². The van der Waals surface area contributed by atoms with E-state index in [-0.39, 0.29) is 6.42 Å². The fourth-order valence-corrected chi connectivity index (χ4v) is 4.05. The van der Waals surface area contributed by atoms with Crippen molar-refractivity contribution in [2.75, 3.05) is 6.61 Å². The third kappa shape index (κ3) is 8.93. The number of carboxylic acids is 1. The normalized spacial score (nSPS) is 22.4. The highest BCUT2D eigenvalue weighted by molar-refractivity contribution is 5.66. The lowest BCUT2D eigenvalue weighted by Crippen LogP contribution is -2.50. The van der Waals surface area contributed by atoms with Crippen LogP contribution in [0.1, 0.15) is 117 Å². The third-order valence-electron chi connectivity index (χ3n) is 5.78. The van der Waals surface area contributed by atoms with E-state index in [0.717, 1.165) is 19.3 Å². The molecule has 0 saturated carbocycles. The average Bonchev–Trinajstić information content (AvgIpc) is 2.84. The molecule has 2 N–H and O–H groups in total. The van der Waals surface area contributed by atoms with Gasteiger partial charge in [0.2, 0.25) is 0 Å². The fourth-order valence-electron chi connectivity index (χ4n) is 4.05. The molecule has 0 amide bonds. The van der Waals surface area contributed by atoms with Gasteiger partial charge in [0.05, 0.1) is 12.1 Å². The van der Waals surface area contributed by atoms with E-state index in [1.54, 1.807) is 0 Å². The van der Waals surface area contributed by atoms with E-state index in [1.165, 1.54) is 62.9 Å². The number of hydrogen-bond donors (Lipinski definition) is 2. The van der Waals surface area contributed by atoms with E-state index < -0.39 is 17.2 Å². The zero-order valence-electron chi connectivity index (χ0n) is 18.0. The largest absolute Gasteiger partial charge is 0.481 e. The first-order valence-electron chi connectivity index (χ1n) is 11.2. The number of carboxylic acid groups (broad SMARTS) is 1. The number of nitrogens with zero attached hydrogens (tertiary/aromatic N) is 1. The zero-order valence-corrected chi connectivity index (χ0v) is 18.0. The summed E-state index contributed by atoms with van der Waals surface area (Å²) in [5, 5.41) is 20.9. The van der Waals surface area contributed by atoms with Crippen LogP contribution in [-0.4, -0.2) is 39.2 Å². The Morgan fingerprint density at radius 3 is 1.81 bits per heavy atom. The summed E-state index contributed by atoms with van der Waals surface area (Å²) in [7, 11) is 0. The molecule has 1 atom stereocenters. The van der Waals surface area contributed by atoms with Crippen molar-refractivity contribution in [2.45, 2.75) is 128 Å². The van der Waals surface area contributed by atoms with Gasteiger partial charge >= 0.3 is 5.97 Å². The summed E-state index contributed by atoms with van der Waals surface area (Å²) in [5.74, 6) is -0.790. The molecular formula is C22H43NO4. The molecule has 5 heteroatoms. The highest BCUT2D eigenvalue weighted by Gasteiger charge is 2.50. The summed E-state index contributed by atoms with van der Waals surface area (Å²) >= 11 is 0. The Morgan fingerprint density at radius 1 is 0.889 bits per heavy atom. The minimum absolute atomic E-state index is 0.123. The van der Waals surface area contributed by atoms with Gasteiger partial charge in [-0.15, -0.1) is 0 Å². The monoisotopic (exact) mass is 385 g/mol. The lowest BCUT2D eigenvalue weighted by Gasteiger charge is -2.37. The van der Waals surface area contributed by atoms with Crippen LogP contribution in [0.5, 0.6) is 0 Å². The van der Waals surface area contributed by atoms with E-state index in [4.69, 9.17) is 9.84 Å². The molecule has 0 unspecified atom stereocenters. The highest BCUT2D eigenvalue weighted by Crippen LogP contribution is 2.40. The Kier molecular flexibility index (Phi) is 11.5. The molecule has 1 rings (SSSR count). The zero-order chi connectivity index (χ0) is 20.2. The van der Waals surface area contributed by atoms with Gasteiger partial charge in [0.1, 0.15) is 5.72 Å². The first-order chi connectivity index (χ1) is 12.8. The predicted molar refractivity (Wildman–Crippen MR) is 109 cm³/mol. The number of carbonyl (C=O) groups is 1. The van der Waals surface area contributed by atoms with Gasteiger partial charge in [-0.05, 0) is 39.5 Å². The SMILES string of the molecule is CCCCCCCCCCCCC[C@@]1(CCCC(=O)O)OCC(C)(C)N1O. The number of hydroxylamine groups is 2. The number of ether oxygens (including phenoxy) is 1. The topological polar surface area (TPSA) is 70.0 Å². The molecule has 0 spiro atoms. The lowest BCUT2D eigenvalue weighted by atomic mass is 9.95. The van der Waals surface area contributed by atoms with E-state index in [9.17, 15) is 10.0 Å². The van der Waals surface area contributed by atoms with Crippen molar-refractivity contribution >= 4 is 5.97 Å². The molecule has 0 aliphatic carbocycles. The maximum absolute atomic E-state index is 10.8. The van der Waals surface area contributed by atoms with Crippen molar-refractivity contribution in [3.8, 4) is 0 Å². The van der Waals surface area contributed by atoms with E-state index in [2.05, 4.69) is 6.92 Å². The molecule has 0 aromatic heterocycles. The Labute approximate surface area is 166 Å². The van der Waals surface area contributed by atoms with E-state index >= 15 is 0 Å². The smallest absolute Gasteiger partial charge is 0.303 e. The van der Waals surface area contributed by atoms with Crippen molar-refractivity contribution in [1.82, 2.24) is 5.06 Å². The molecule has 1 heterocycles. The fraction of sp³-hybridized carbons (Fsp3) is 0.955. The Balaban J connectivity index is 2.23. The molecule has 0 aromatic carbocycles. The highest BCUT2D eigenvalue weighted by atomic mass is 16.6. The molecule has 160 valence electrons. The third-order valence-corrected chi connectivity index (χ3v) is 5.78. The van der Waals surface area contributed by atoms with E-state index in [1.807, 2.05) is 13.8 Å². The number of aliphatic carboxylic acids is 1. The molecule has 27 heavy (non-hydrogen) atoms. The molecular weight excluding hydrogens is 342 g/mol. The molecule has 0 radical (unpaired) electrons. The summed E-state index contributed by atoms with van der Waals surface area (Å²) in [4.78, 5) is 10.8. The van der Waals surface area contributed by atoms with Crippen molar-refractivity contribution in [3.63, 3.8) is 0 Å². The molecule has 0 bridgehead atoms. The standard InChI is InChI=1S/C22H43NO4/c1-4-5-6-7-8-9-10-11-12-13-14-17-22(18-15-16-20(24)25)23(26)21(2,3)19-27-22/h26H,4-19H2,1-3H3,(H,24,25)/t22-/m0/s1. The van der Waals surface area contributed by atoms with Crippen LogP contribution >= 0.6 is 0 Å². The van der Waals surface area contributed by atoms with Crippen LogP contribution in [0.15, 0.2) is 0 Å². The minimum Gasteiger partial charge on any atom is -0.481 e. The number of hydrogen-bond acceptors (Lipinski definition) is 4.